The van der Waals surface area contributed by atoms with Gasteiger partial charge in [-0.2, -0.15) is 0 Å². The fraction of sp³-hybridized carbons (Fsp3) is 0.889. The van der Waals surface area contributed by atoms with Crippen molar-refractivity contribution in [1.29, 1.82) is 0 Å². The van der Waals surface area contributed by atoms with E-state index in [1.165, 1.54) is 0 Å². The lowest BCUT2D eigenvalue weighted by Gasteiger charge is -2.24. The van der Waals surface area contributed by atoms with E-state index in [0.29, 0.717) is 13.0 Å². The number of carbonyl (C=O) groups excluding carboxylic acids is 1. The summed E-state index contributed by atoms with van der Waals surface area (Å²) in [4.78, 5) is 13.0. The van der Waals surface area contributed by atoms with Crippen LogP contribution in [0.1, 0.15) is 13.3 Å². The molecule has 0 aromatic carbocycles. The molecular weight excluding hydrogens is 182 g/mol. The van der Waals surface area contributed by atoms with Crippen LogP contribution in [0.3, 0.4) is 0 Å². The number of nitrogens with two attached hydrogens (primary N) is 2. The zero-order valence-electron chi connectivity index (χ0n) is 9.25. The van der Waals surface area contributed by atoms with E-state index in [4.69, 9.17) is 16.2 Å². The van der Waals surface area contributed by atoms with Gasteiger partial charge in [-0.05, 0) is 20.4 Å². The zero-order valence-corrected chi connectivity index (χ0v) is 9.25. The van der Waals surface area contributed by atoms with Crippen LogP contribution in [0.15, 0.2) is 0 Å². The smallest absolute Gasteiger partial charge is 0.237 e. The van der Waals surface area contributed by atoms with Crippen molar-refractivity contribution in [2.24, 2.45) is 11.5 Å². The summed E-state index contributed by atoms with van der Waals surface area (Å²) in [7, 11) is 3.61. The Hall–Kier alpha value is -0.650. The Labute approximate surface area is 85.4 Å². The van der Waals surface area contributed by atoms with Crippen LogP contribution in [-0.4, -0.2) is 50.2 Å². The van der Waals surface area contributed by atoms with Gasteiger partial charge in [0.05, 0.1) is 12.1 Å². The van der Waals surface area contributed by atoms with E-state index in [0.717, 1.165) is 13.1 Å². The molecule has 1 amide bonds. The maximum atomic E-state index is 10.9. The molecule has 0 fully saturated rings. The molecular formula is C9H21N3O2. The van der Waals surface area contributed by atoms with Gasteiger partial charge in [0.2, 0.25) is 5.91 Å². The zero-order chi connectivity index (χ0) is 11.2. The van der Waals surface area contributed by atoms with Gasteiger partial charge in [0, 0.05) is 20.2 Å². The molecule has 0 aliphatic carbocycles. The first-order valence-electron chi connectivity index (χ1n) is 4.66. The molecule has 14 heavy (non-hydrogen) atoms. The Morgan fingerprint density at radius 1 is 1.50 bits per heavy atom. The Morgan fingerprint density at radius 2 is 2.07 bits per heavy atom. The highest BCUT2D eigenvalue weighted by atomic mass is 16.5. The minimum atomic E-state index is -0.915. The molecule has 0 radical (unpaired) electrons. The average Bonchev–Trinajstić information content (AvgIpc) is 2.11. The summed E-state index contributed by atoms with van der Waals surface area (Å²) in [6, 6.07) is 0. The van der Waals surface area contributed by atoms with Gasteiger partial charge in [0.25, 0.3) is 0 Å². The van der Waals surface area contributed by atoms with Crippen LogP contribution in [0.2, 0.25) is 0 Å². The van der Waals surface area contributed by atoms with Crippen LogP contribution in [0.4, 0.5) is 0 Å². The molecule has 0 heterocycles. The number of methoxy groups -OCH3 is 1. The summed E-state index contributed by atoms with van der Waals surface area (Å²) in [5.41, 5.74) is 9.94. The van der Waals surface area contributed by atoms with Gasteiger partial charge in [0.15, 0.2) is 0 Å². The first kappa shape index (κ1) is 13.4. The normalized spacial score (nSPS) is 15.5. The maximum absolute atomic E-state index is 10.9. The topological polar surface area (TPSA) is 81.6 Å². The monoisotopic (exact) mass is 203 g/mol. The lowest BCUT2D eigenvalue weighted by atomic mass is 9.98. The van der Waals surface area contributed by atoms with Gasteiger partial charge < -0.3 is 21.1 Å². The molecule has 1 unspecified atom stereocenters. The quantitative estimate of drug-likeness (QED) is 0.565. The molecule has 0 aliphatic rings. The molecule has 0 bridgehead atoms. The second-order valence-corrected chi connectivity index (χ2v) is 3.83. The molecule has 5 nitrogen and oxygen atoms in total. The van der Waals surface area contributed by atoms with E-state index >= 15 is 0 Å². The van der Waals surface area contributed by atoms with Gasteiger partial charge in [0.1, 0.15) is 0 Å². The number of primary amides is 1. The van der Waals surface area contributed by atoms with E-state index in [9.17, 15) is 4.79 Å². The van der Waals surface area contributed by atoms with Crippen LogP contribution in [0.5, 0.6) is 0 Å². The Balaban J connectivity index is 3.75. The molecule has 0 aromatic rings. The standard InChI is InChI=1S/C9H21N3O2/c1-9(11,8(10)13)4-5-12(2)6-7-14-3/h4-7,11H2,1-3H3,(H2,10,13). The van der Waals surface area contributed by atoms with Crippen LogP contribution in [0.25, 0.3) is 0 Å². The number of likely N-dealkylation sites (N-methyl/N-ethyl adjacent to an activating group) is 1. The lowest BCUT2D eigenvalue weighted by Crippen LogP contribution is -2.51. The van der Waals surface area contributed by atoms with E-state index in [-0.39, 0.29) is 0 Å². The highest BCUT2D eigenvalue weighted by Gasteiger charge is 2.25. The SMILES string of the molecule is COCCN(C)CCC(C)(N)C(N)=O. The fourth-order valence-electron chi connectivity index (χ4n) is 0.905. The summed E-state index contributed by atoms with van der Waals surface area (Å²) in [5, 5.41) is 0. The number of nitrogens with zero attached hydrogens (tertiary/aromatic N) is 1. The summed E-state index contributed by atoms with van der Waals surface area (Å²) in [5.74, 6) is -0.461. The van der Waals surface area contributed by atoms with Gasteiger partial charge in [-0.15, -0.1) is 0 Å². The lowest BCUT2D eigenvalue weighted by molar-refractivity contribution is -0.122. The highest BCUT2D eigenvalue weighted by Crippen LogP contribution is 2.05. The van der Waals surface area contributed by atoms with Crippen molar-refractivity contribution in [2.45, 2.75) is 18.9 Å². The summed E-state index contributed by atoms with van der Waals surface area (Å²) >= 11 is 0. The maximum Gasteiger partial charge on any atom is 0.237 e. The highest BCUT2D eigenvalue weighted by molar-refractivity contribution is 5.83. The average molecular weight is 203 g/mol. The molecule has 0 saturated carbocycles. The van der Waals surface area contributed by atoms with Crippen molar-refractivity contribution in [3.8, 4) is 0 Å². The van der Waals surface area contributed by atoms with E-state index in [2.05, 4.69) is 4.90 Å². The van der Waals surface area contributed by atoms with E-state index in [1.54, 1.807) is 14.0 Å². The first-order valence-corrected chi connectivity index (χ1v) is 4.66. The van der Waals surface area contributed by atoms with Crippen molar-refractivity contribution < 1.29 is 9.53 Å². The van der Waals surface area contributed by atoms with Gasteiger partial charge >= 0.3 is 0 Å². The number of rotatable bonds is 7. The van der Waals surface area contributed by atoms with Crippen LogP contribution < -0.4 is 11.5 Å². The van der Waals surface area contributed by atoms with Crippen LogP contribution in [-0.2, 0) is 9.53 Å². The minimum Gasteiger partial charge on any atom is -0.383 e. The summed E-state index contributed by atoms with van der Waals surface area (Å²) < 4.78 is 4.93. The number of amides is 1. The summed E-state index contributed by atoms with van der Waals surface area (Å²) in [6.07, 6.45) is 0.558. The van der Waals surface area contributed by atoms with E-state index < -0.39 is 11.4 Å². The van der Waals surface area contributed by atoms with Crippen LogP contribution in [0, 0.1) is 0 Å². The van der Waals surface area contributed by atoms with Crippen molar-refractivity contribution in [1.82, 2.24) is 4.90 Å². The third-order valence-electron chi connectivity index (χ3n) is 2.25. The van der Waals surface area contributed by atoms with E-state index in [1.807, 2.05) is 7.05 Å². The largest absolute Gasteiger partial charge is 0.383 e. The number of ether oxygens (including phenoxy) is 1. The summed E-state index contributed by atoms with van der Waals surface area (Å²) in [6.45, 7) is 3.89. The van der Waals surface area contributed by atoms with Crippen molar-refractivity contribution in [2.75, 3.05) is 33.9 Å². The molecule has 1 atom stereocenters. The Bertz CT molecular complexity index is 183. The molecule has 4 N–H and O–H groups in total. The molecule has 0 saturated heterocycles. The van der Waals surface area contributed by atoms with Gasteiger partial charge in [-0.1, -0.05) is 0 Å². The number of carbonyl (C=O) groups is 1. The predicted molar refractivity (Wildman–Crippen MR) is 55.8 cm³/mol. The Morgan fingerprint density at radius 3 is 2.50 bits per heavy atom. The second-order valence-electron chi connectivity index (χ2n) is 3.83. The minimum absolute atomic E-state index is 0.461. The fourth-order valence-corrected chi connectivity index (χ4v) is 0.905. The van der Waals surface area contributed by atoms with Crippen LogP contribution >= 0.6 is 0 Å². The third kappa shape index (κ3) is 5.16. The molecule has 0 rings (SSSR count). The van der Waals surface area contributed by atoms with Crippen molar-refractivity contribution in [3.05, 3.63) is 0 Å². The Kier molecular flexibility index (Phi) is 5.68. The predicted octanol–water partition coefficient (Wildman–Crippen LogP) is -0.843. The second kappa shape index (κ2) is 5.95. The molecule has 0 aliphatic heterocycles. The molecule has 0 aromatic heterocycles. The first-order chi connectivity index (χ1) is 6.40. The van der Waals surface area contributed by atoms with Crippen molar-refractivity contribution >= 4 is 5.91 Å². The number of hydrogen-bond acceptors (Lipinski definition) is 4. The molecule has 84 valence electrons. The molecule has 5 heteroatoms. The molecule has 0 spiro atoms. The van der Waals surface area contributed by atoms with Gasteiger partial charge in [-0.25, -0.2) is 0 Å². The number of hydrogen-bond donors (Lipinski definition) is 2. The third-order valence-corrected chi connectivity index (χ3v) is 2.25. The van der Waals surface area contributed by atoms with Crippen molar-refractivity contribution in [3.63, 3.8) is 0 Å². The van der Waals surface area contributed by atoms with Gasteiger partial charge in [-0.3, -0.25) is 4.79 Å².